The van der Waals surface area contributed by atoms with Crippen LogP contribution in [0.25, 0.3) is 0 Å². The van der Waals surface area contributed by atoms with Crippen molar-refractivity contribution < 1.29 is 33.8 Å². The summed E-state index contributed by atoms with van der Waals surface area (Å²) in [5.74, 6) is 0. The van der Waals surface area contributed by atoms with Crippen molar-refractivity contribution in [1.82, 2.24) is 0 Å². The molecule has 0 unspecified atom stereocenters. The molecule has 0 saturated carbocycles. The molecule has 0 rings (SSSR count). The van der Waals surface area contributed by atoms with Crippen molar-refractivity contribution >= 4 is 51.4 Å². The molecule has 0 heterocycles. The minimum Gasteiger partial charge on any atom is -0.256 e. The van der Waals surface area contributed by atoms with Crippen LogP contribution in [0, 0.1) is 0 Å². The Kier molecular flexibility index (Phi) is 7.60. The molecule has 4 nitrogen and oxygen atoms in total. The second kappa shape index (κ2) is 4.12. The fourth-order valence-electron chi connectivity index (χ4n) is 0. The van der Waals surface area contributed by atoms with Gasteiger partial charge < -0.3 is 0 Å². The van der Waals surface area contributed by atoms with E-state index in [0.717, 1.165) is 0 Å². The summed E-state index contributed by atoms with van der Waals surface area (Å²) >= 11 is -5.69. The van der Waals surface area contributed by atoms with Gasteiger partial charge in [-0.25, -0.2) is 0 Å². The Morgan fingerprint density at radius 3 is 1.17 bits per heavy atom. The van der Waals surface area contributed by atoms with Gasteiger partial charge in [0.15, 0.2) is 0 Å². The second-order valence-electron chi connectivity index (χ2n) is 0.396. The first-order valence-corrected chi connectivity index (χ1v) is 4.24. The van der Waals surface area contributed by atoms with E-state index in [9.17, 15) is 0 Å². The molecule has 0 aliphatic heterocycles. The van der Waals surface area contributed by atoms with Crippen LogP contribution in [0.2, 0.25) is 0 Å². The van der Waals surface area contributed by atoms with E-state index in [4.69, 9.17) is 13.7 Å². The summed E-state index contributed by atoms with van der Waals surface area (Å²) in [5, 5.41) is 0. The Hall–Kier alpha value is 2.21. The summed E-state index contributed by atoms with van der Waals surface area (Å²) < 4.78 is 33.2. The fraction of sp³-hybridized carbons (Fsp3) is 0. The zero-order valence-electron chi connectivity index (χ0n) is 3.05. The summed E-state index contributed by atoms with van der Waals surface area (Å²) in [6, 6.07) is 0. The monoisotopic (exact) mass is 231 g/mol. The Morgan fingerprint density at radius 2 is 1.17 bits per heavy atom. The van der Waals surface area contributed by atoms with E-state index in [1.54, 1.807) is 0 Å². The first kappa shape index (κ1) is 11.1. The van der Waals surface area contributed by atoms with Crippen molar-refractivity contribution in [2.45, 2.75) is 0 Å². The van der Waals surface area contributed by atoms with E-state index in [1.165, 1.54) is 0 Å². The quantitative estimate of drug-likeness (QED) is 0.331. The van der Waals surface area contributed by atoms with Gasteiger partial charge in [-0.3, -0.25) is 10.3 Å². The summed E-state index contributed by atoms with van der Waals surface area (Å²) in [7, 11) is 0. The molecule has 1 N–H and O–H groups in total. The van der Waals surface area contributed by atoms with Gasteiger partial charge >= 0.3 is 20.1 Å². The Labute approximate surface area is 83.3 Å². The van der Waals surface area contributed by atoms with Crippen molar-refractivity contribution in [1.29, 1.82) is 0 Å². The Morgan fingerprint density at radius 1 is 1.17 bits per heavy atom. The van der Waals surface area contributed by atoms with Crippen LogP contribution in [0.1, 0.15) is 0 Å². The number of halogens is 1. The van der Waals surface area contributed by atoms with E-state index in [0.29, 0.717) is 0 Å². The molecule has 0 aliphatic carbocycles. The average molecular weight is 231 g/mol. The molecule has 33 valence electrons. The molecule has 6 heteroatoms. The molecule has 0 spiro atoms. The maximum absolute atomic E-state index is 8.73. The van der Waals surface area contributed by atoms with Gasteiger partial charge in [-0.15, -0.1) is 0 Å². The maximum atomic E-state index is 8.73. The number of hydrogen-bond acceptors (Lipinski definition) is 4. The van der Waals surface area contributed by atoms with E-state index in [-0.39, 0.29) is 51.4 Å². The Balaban J connectivity index is 0. The van der Waals surface area contributed by atoms with Crippen LogP contribution in [-0.4, -0.2) is 54.8 Å². The van der Waals surface area contributed by atoms with Crippen LogP contribution in [0.15, 0.2) is 0 Å². The molecule has 0 aromatic rings. The normalized spacial score (nSPS) is 10.0. The zero-order valence-corrected chi connectivity index (χ0v) is 8.33. The van der Waals surface area contributed by atoms with Crippen molar-refractivity contribution in [3.63, 3.8) is 0 Å². The van der Waals surface area contributed by atoms with Gasteiger partial charge in [0.25, 0.3) is 0 Å². The van der Waals surface area contributed by atoms with Gasteiger partial charge in [-0.1, -0.05) is 0 Å². The van der Waals surface area contributed by atoms with Crippen LogP contribution < -0.4 is 30.4 Å². The standard InChI is InChI=1S/HIO4.K/c2-1(3,4)5;/h2H;. The molecule has 0 amide bonds. The summed E-state index contributed by atoms with van der Waals surface area (Å²) in [6.45, 7) is 0. The SMILES string of the molecule is [K].[O-][I+3]([O-])([O-])O. The van der Waals surface area contributed by atoms with Gasteiger partial charge in [0.05, 0.1) is 0 Å². The molecule has 0 aliphatic rings. The third-order valence-electron chi connectivity index (χ3n) is 0. The predicted molar refractivity (Wildman–Crippen MR) is 7.97 cm³/mol. The van der Waals surface area contributed by atoms with E-state index in [2.05, 4.69) is 0 Å². The maximum Gasteiger partial charge on any atom is 0.368 e. The second-order valence-corrected chi connectivity index (χ2v) is 2.66. The fourth-order valence-corrected chi connectivity index (χ4v) is 0. The largest absolute Gasteiger partial charge is 0.368 e. The Bertz CT molecular complexity index is 23.0. The molecule has 0 atom stereocenters. The van der Waals surface area contributed by atoms with Crippen molar-refractivity contribution in [3.8, 4) is 0 Å². The minimum absolute atomic E-state index is 0. The molecule has 1 radical (unpaired) electrons. The van der Waals surface area contributed by atoms with Crippen LogP contribution in [0.3, 0.4) is 0 Å². The molecular formula is HIKO4. The average Bonchev–Trinajstić information content (AvgIpc) is 0.722. The number of hydrogen-bond donors (Lipinski definition) is 1. The van der Waals surface area contributed by atoms with Gasteiger partial charge in [-0.05, 0) is 0 Å². The molecule has 0 saturated heterocycles. The van der Waals surface area contributed by atoms with Gasteiger partial charge in [-0.2, -0.15) is 0 Å². The summed E-state index contributed by atoms with van der Waals surface area (Å²) in [4.78, 5) is 0. The van der Waals surface area contributed by atoms with E-state index >= 15 is 0 Å². The minimum atomic E-state index is -5.69. The smallest absolute Gasteiger partial charge is 0.256 e. The van der Waals surface area contributed by atoms with Crippen LogP contribution >= 0.6 is 0 Å². The third kappa shape index (κ3) is 34.6. The molecule has 0 bridgehead atoms. The molecule has 6 heavy (non-hydrogen) atoms. The first-order valence-electron chi connectivity index (χ1n) is 0.632. The van der Waals surface area contributed by atoms with Gasteiger partial charge in [0, 0.05) is 54.8 Å². The van der Waals surface area contributed by atoms with Crippen LogP contribution in [-0.2, 0) is 0 Å². The summed E-state index contributed by atoms with van der Waals surface area (Å²) in [6.07, 6.45) is 0. The molecule has 0 aromatic carbocycles. The predicted octanol–water partition coefficient (Wildman–Crippen LogP) is -7.50. The zero-order chi connectivity index (χ0) is 4.50. The van der Waals surface area contributed by atoms with Crippen molar-refractivity contribution in [2.75, 3.05) is 0 Å². The first-order chi connectivity index (χ1) is 2.00. The third-order valence-corrected chi connectivity index (χ3v) is 0. The van der Waals surface area contributed by atoms with Gasteiger partial charge in [0.1, 0.15) is 0 Å². The van der Waals surface area contributed by atoms with Crippen LogP contribution in [0.5, 0.6) is 0 Å². The molecular weight excluding hydrogens is 230 g/mol. The summed E-state index contributed by atoms with van der Waals surface area (Å²) in [5.41, 5.74) is 0. The van der Waals surface area contributed by atoms with Gasteiger partial charge in [0.2, 0.25) is 0 Å². The topological polar surface area (TPSA) is 89.4 Å². The molecule has 0 aromatic heterocycles. The van der Waals surface area contributed by atoms with Crippen LogP contribution in [0.4, 0.5) is 0 Å². The van der Waals surface area contributed by atoms with E-state index < -0.39 is 20.1 Å². The molecule has 0 fully saturated rings. The number of rotatable bonds is 0. The van der Waals surface area contributed by atoms with Crippen molar-refractivity contribution in [3.05, 3.63) is 0 Å². The van der Waals surface area contributed by atoms with Crippen molar-refractivity contribution in [2.24, 2.45) is 0 Å². The van der Waals surface area contributed by atoms with E-state index in [1.807, 2.05) is 0 Å².